The minimum Gasteiger partial charge on any atom is -0.481 e. The summed E-state index contributed by atoms with van der Waals surface area (Å²) in [5, 5.41) is 9.65. The molecule has 0 amide bonds. The second kappa shape index (κ2) is 5.10. The van der Waals surface area contributed by atoms with Crippen LogP contribution in [0.15, 0.2) is 78.9 Å². The average molecular weight is 300 g/mol. The zero-order valence-electron chi connectivity index (χ0n) is 12.6. The molecular weight excluding hydrogens is 284 g/mol. The van der Waals surface area contributed by atoms with Crippen LogP contribution in [-0.4, -0.2) is 11.1 Å². The van der Waals surface area contributed by atoms with E-state index in [2.05, 4.69) is 24.3 Å². The number of benzene rings is 3. The topological polar surface area (TPSA) is 37.3 Å². The Morgan fingerprint density at radius 1 is 0.739 bits per heavy atom. The van der Waals surface area contributed by atoms with E-state index < -0.39 is 11.4 Å². The summed E-state index contributed by atoms with van der Waals surface area (Å²) in [6, 6.07) is 26.3. The fourth-order valence-electron chi connectivity index (χ4n) is 3.88. The molecule has 0 spiro atoms. The maximum atomic E-state index is 11.8. The largest absolute Gasteiger partial charge is 0.481 e. The molecule has 23 heavy (non-hydrogen) atoms. The molecule has 0 heterocycles. The fourth-order valence-corrected chi connectivity index (χ4v) is 3.88. The van der Waals surface area contributed by atoms with Crippen LogP contribution in [0.5, 0.6) is 0 Å². The van der Waals surface area contributed by atoms with E-state index in [1.165, 1.54) is 0 Å². The predicted octanol–water partition coefficient (Wildman–Crippen LogP) is 4.48. The SMILES string of the molecule is O=C(O)CC1(c2ccccc2)c2ccccc2-c2ccccc21. The van der Waals surface area contributed by atoms with E-state index in [9.17, 15) is 9.90 Å². The van der Waals surface area contributed by atoms with Crippen LogP contribution >= 0.6 is 0 Å². The molecule has 112 valence electrons. The minimum atomic E-state index is -0.791. The second-order valence-electron chi connectivity index (χ2n) is 5.93. The van der Waals surface area contributed by atoms with Crippen LogP contribution in [0.25, 0.3) is 11.1 Å². The number of hydrogen-bond donors (Lipinski definition) is 1. The Balaban J connectivity index is 2.12. The van der Waals surface area contributed by atoms with E-state index in [-0.39, 0.29) is 6.42 Å². The molecule has 2 heteroatoms. The molecule has 1 aliphatic carbocycles. The summed E-state index contributed by atoms with van der Waals surface area (Å²) in [7, 11) is 0. The van der Waals surface area contributed by atoms with Gasteiger partial charge < -0.3 is 5.11 Å². The predicted molar refractivity (Wildman–Crippen MR) is 90.5 cm³/mol. The molecule has 2 nitrogen and oxygen atoms in total. The summed E-state index contributed by atoms with van der Waals surface area (Å²) in [6.07, 6.45) is 0.0467. The van der Waals surface area contributed by atoms with E-state index in [1.807, 2.05) is 54.6 Å². The van der Waals surface area contributed by atoms with E-state index >= 15 is 0 Å². The Kier molecular flexibility index (Phi) is 3.05. The highest BCUT2D eigenvalue weighted by molar-refractivity contribution is 5.86. The van der Waals surface area contributed by atoms with Gasteiger partial charge in [0.15, 0.2) is 0 Å². The summed E-state index contributed by atoms with van der Waals surface area (Å²) >= 11 is 0. The van der Waals surface area contributed by atoms with Gasteiger partial charge in [0.05, 0.1) is 11.8 Å². The van der Waals surface area contributed by atoms with Gasteiger partial charge >= 0.3 is 5.97 Å². The van der Waals surface area contributed by atoms with Gasteiger partial charge in [-0.25, -0.2) is 0 Å². The van der Waals surface area contributed by atoms with Crippen molar-refractivity contribution in [2.24, 2.45) is 0 Å². The van der Waals surface area contributed by atoms with Gasteiger partial charge in [-0.1, -0.05) is 78.9 Å². The Hall–Kier alpha value is -2.87. The third kappa shape index (κ3) is 1.92. The first-order chi connectivity index (χ1) is 11.2. The Morgan fingerprint density at radius 2 is 1.22 bits per heavy atom. The van der Waals surface area contributed by atoms with Crippen LogP contribution in [0.1, 0.15) is 23.1 Å². The van der Waals surface area contributed by atoms with Gasteiger partial charge in [-0.2, -0.15) is 0 Å². The first kappa shape index (κ1) is 13.8. The highest BCUT2D eigenvalue weighted by atomic mass is 16.4. The van der Waals surface area contributed by atoms with Crippen molar-refractivity contribution in [3.8, 4) is 11.1 Å². The number of carboxylic acid groups (broad SMARTS) is 1. The minimum absolute atomic E-state index is 0.0467. The van der Waals surface area contributed by atoms with Crippen LogP contribution < -0.4 is 0 Å². The van der Waals surface area contributed by atoms with Gasteiger partial charge in [0.1, 0.15) is 0 Å². The number of rotatable bonds is 3. The number of fused-ring (bicyclic) bond motifs is 3. The van der Waals surface area contributed by atoms with E-state index in [0.717, 1.165) is 27.8 Å². The molecule has 0 saturated heterocycles. The van der Waals surface area contributed by atoms with Crippen LogP contribution in [0.2, 0.25) is 0 Å². The number of aliphatic carboxylic acids is 1. The molecule has 1 aliphatic rings. The van der Waals surface area contributed by atoms with Crippen molar-refractivity contribution in [2.75, 3.05) is 0 Å². The fraction of sp³-hybridized carbons (Fsp3) is 0.0952. The van der Waals surface area contributed by atoms with E-state index in [0.29, 0.717) is 0 Å². The smallest absolute Gasteiger partial charge is 0.304 e. The zero-order valence-corrected chi connectivity index (χ0v) is 12.6. The molecule has 0 bridgehead atoms. The van der Waals surface area contributed by atoms with Crippen molar-refractivity contribution >= 4 is 5.97 Å². The van der Waals surface area contributed by atoms with Crippen LogP contribution in [0.3, 0.4) is 0 Å². The van der Waals surface area contributed by atoms with Crippen molar-refractivity contribution in [1.29, 1.82) is 0 Å². The Bertz CT molecular complexity index is 836. The molecule has 0 unspecified atom stereocenters. The number of hydrogen-bond acceptors (Lipinski definition) is 1. The highest BCUT2D eigenvalue weighted by Gasteiger charge is 2.45. The van der Waals surface area contributed by atoms with Gasteiger partial charge in [0.25, 0.3) is 0 Å². The van der Waals surface area contributed by atoms with Gasteiger partial charge in [0, 0.05) is 0 Å². The molecule has 3 aromatic rings. The van der Waals surface area contributed by atoms with Gasteiger partial charge in [-0.3, -0.25) is 4.79 Å². The van der Waals surface area contributed by atoms with Crippen molar-refractivity contribution in [2.45, 2.75) is 11.8 Å². The van der Waals surface area contributed by atoms with Gasteiger partial charge in [-0.15, -0.1) is 0 Å². The molecule has 0 fully saturated rings. The summed E-state index contributed by atoms with van der Waals surface area (Å²) in [5.74, 6) is -0.791. The lowest BCUT2D eigenvalue weighted by atomic mass is 9.70. The number of carbonyl (C=O) groups is 1. The molecule has 0 aliphatic heterocycles. The van der Waals surface area contributed by atoms with E-state index in [1.54, 1.807) is 0 Å². The molecule has 0 saturated carbocycles. The third-order valence-corrected chi connectivity index (χ3v) is 4.75. The molecule has 0 radical (unpaired) electrons. The molecule has 0 atom stereocenters. The summed E-state index contributed by atoms with van der Waals surface area (Å²) in [6.45, 7) is 0. The first-order valence-electron chi connectivity index (χ1n) is 7.70. The second-order valence-corrected chi connectivity index (χ2v) is 5.93. The molecule has 1 N–H and O–H groups in total. The van der Waals surface area contributed by atoms with Crippen LogP contribution in [-0.2, 0) is 10.2 Å². The lowest BCUT2D eigenvalue weighted by Crippen LogP contribution is -2.30. The van der Waals surface area contributed by atoms with E-state index in [4.69, 9.17) is 0 Å². The quantitative estimate of drug-likeness (QED) is 0.774. The van der Waals surface area contributed by atoms with Gasteiger partial charge in [-0.05, 0) is 27.8 Å². The monoisotopic (exact) mass is 300 g/mol. The zero-order chi connectivity index (χ0) is 15.9. The summed E-state index contributed by atoms with van der Waals surface area (Å²) < 4.78 is 0. The molecule has 4 rings (SSSR count). The van der Waals surface area contributed by atoms with Crippen molar-refractivity contribution in [3.63, 3.8) is 0 Å². The van der Waals surface area contributed by atoms with Crippen molar-refractivity contribution < 1.29 is 9.90 Å². The highest BCUT2D eigenvalue weighted by Crippen LogP contribution is 2.54. The number of carboxylic acids is 1. The standard InChI is InChI=1S/C21H16O2/c22-20(23)14-21(15-8-2-1-3-9-15)18-12-6-4-10-16(18)17-11-5-7-13-19(17)21/h1-13H,14H2,(H,22,23). The molecular formula is C21H16O2. The summed E-state index contributed by atoms with van der Waals surface area (Å²) in [4.78, 5) is 11.8. The van der Waals surface area contributed by atoms with Crippen molar-refractivity contribution in [1.82, 2.24) is 0 Å². The normalized spacial score (nSPS) is 14.1. The van der Waals surface area contributed by atoms with Crippen molar-refractivity contribution in [3.05, 3.63) is 95.6 Å². The Morgan fingerprint density at radius 3 is 1.74 bits per heavy atom. The Labute approximate surface area is 135 Å². The average Bonchev–Trinajstić information content (AvgIpc) is 2.87. The third-order valence-electron chi connectivity index (χ3n) is 4.75. The maximum absolute atomic E-state index is 11.8. The summed E-state index contributed by atoms with van der Waals surface area (Å²) in [5.41, 5.74) is 4.83. The lowest BCUT2D eigenvalue weighted by Gasteiger charge is -2.31. The maximum Gasteiger partial charge on any atom is 0.304 e. The molecule has 3 aromatic carbocycles. The van der Waals surface area contributed by atoms with Crippen LogP contribution in [0.4, 0.5) is 0 Å². The van der Waals surface area contributed by atoms with Crippen LogP contribution in [0, 0.1) is 0 Å². The first-order valence-corrected chi connectivity index (χ1v) is 7.70. The lowest BCUT2D eigenvalue weighted by molar-refractivity contribution is -0.137. The van der Waals surface area contributed by atoms with Gasteiger partial charge in [0.2, 0.25) is 0 Å². The molecule has 0 aromatic heterocycles.